The molecular formula is C34H52Cl3N7O2. The number of nitrogens with zero attached hydrogens (tertiary/aromatic N) is 3. The van der Waals surface area contributed by atoms with E-state index in [4.69, 9.17) is 20.9 Å². The predicted molar refractivity (Wildman–Crippen MR) is 194 cm³/mol. The van der Waals surface area contributed by atoms with Crippen LogP contribution in [0.1, 0.15) is 85.6 Å². The summed E-state index contributed by atoms with van der Waals surface area (Å²) in [5.41, 5.74) is 13.3. The van der Waals surface area contributed by atoms with Crippen molar-refractivity contribution in [3.05, 3.63) is 65.0 Å². The van der Waals surface area contributed by atoms with Gasteiger partial charge >= 0.3 is 0 Å². The van der Waals surface area contributed by atoms with E-state index in [0.29, 0.717) is 24.8 Å². The second-order valence-corrected chi connectivity index (χ2v) is 12.1. The van der Waals surface area contributed by atoms with E-state index >= 15 is 0 Å². The lowest BCUT2D eigenvalue weighted by atomic mass is 9.85. The molecule has 9 nitrogen and oxygen atoms in total. The summed E-state index contributed by atoms with van der Waals surface area (Å²) < 4.78 is 7.88. The number of benzene rings is 2. The zero-order valence-electron chi connectivity index (χ0n) is 27.0. The number of ether oxygens (including phenoxy) is 1. The number of hydrogen-bond acceptors (Lipinski definition) is 6. The highest BCUT2D eigenvalue weighted by Gasteiger charge is 2.26. The fourth-order valence-corrected chi connectivity index (χ4v) is 6.60. The number of rotatable bonds is 14. The highest BCUT2D eigenvalue weighted by atomic mass is 35.5. The normalized spacial score (nSPS) is 17.0. The van der Waals surface area contributed by atoms with Crippen molar-refractivity contribution >= 4 is 60.0 Å². The second-order valence-electron chi connectivity index (χ2n) is 12.1. The number of nitrogens with two attached hydrogens (primary N) is 1. The minimum absolute atomic E-state index is 0. The van der Waals surface area contributed by atoms with Gasteiger partial charge in [-0.05, 0) is 62.3 Å². The van der Waals surface area contributed by atoms with Crippen LogP contribution in [0.25, 0.3) is 11.0 Å². The Morgan fingerprint density at radius 1 is 1.04 bits per heavy atom. The first kappa shape index (κ1) is 39.8. The Morgan fingerprint density at radius 3 is 2.50 bits per heavy atom. The molecule has 1 unspecified atom stereocenters. The van der Waals surface area contributed by atoms with Crippen molar-refractivity contribution in [3.8, 4) is 0 Å². The zero-order chi connectivity index (χ0) is 30.0. The molecule has 2 fully saturated rings. The molecule has 0 radical (unpaired) electrons. The molecule has 2 heterocycles. The summed E-state index contributed by atoms with van der Waals surface area (Å²) in [4.78, 5) is 18.5. The largest absolute Gasteiger partial charge is 0.384 e. The monoisotopic (exact) mass is 695 g/mol. The van der Waals surface area contributed by atoms with Gasteiger partial charge in [0.25, 0.3) is 5.91 Å². The average Bonchev–Trinajstić information content (AvgIpc) is 3.38. The van der Waals surface area contributed by atoms with Crippen LogP contribution in [0.5, 0.6) is 0 Å². The van der Waals surface area contributed by atoms with E-state index in [0.717, 1.165) is 80.2 Å². The molecule has 0 spiro atoms. The number of nitrogens with one attached hydrogen (secondary N) is 3. The summed E-state index contributed by atoms with van der Waals surface area (Å²) >= 11 is 0. The van der Waals surface area contributed by atoms with Crippen molar-refractivity contribution in [3.63, 3.8) is 0 Å². The maximum Gasteiger partial charge on any atom is 0.265 e. The van der Waals surface area contributed by atoms with Gasteiger partial charge in [0.05, 0.1) is 11.0 Å². The molecule has 12 heteroatoms. The molecule has 1 aromatic heterocycles. The molecule has 1 aliphatic heterocycles. The third-order valence-electron chi connectivity index (χ3n) is 9.09. The number of imidazole rings is 1. The summed E-state index contributed by atoms with van der Waals surface area (Å²) in [6.07, 6.45) is 11.7. The van der Waals surface area contributed by atoms with Crippen LogP contribution in [0.2, 0.25) is 0 Å². The van der Waals surface area contributed by atoms with Gasteiger partial charge in [-0.3, -0.25) is 15.6 Å². The van der Waals surface area contributed by atoms with Gasteiger partial charge in [0.2, 0.25) is 0 Å². The van der Waals surface area contributed by atoms with Crippen molar-refractivity contribution in [1.82, 2.24) is 25.3 Å². The van der Waals surface area contributed by atoms with E-state index in [1.807, 2.05) is 49.4 Å². The van der Waals surface area contributed by atoms with Crippen LogP contribution in [0.15, 0.2) is 42.5 Å². The van der Waals surface area contributed by atoms with Crippen molar-refractivity contribution in [2.75, 3.05) is 32.8 Å². The lowest BCUT2D eigenvalue weighted by molar-refractivity contribution is 0.0576. The smallest absolute Gasteiger partial charge is 0.265 e. The lowest BCUT2D eigenvalue weighted by Gasteiger charge is -2.37. The van der Waals surface area contributed by atoms with Crippen LogP contribution in [0.3, 0.4) is 0 Å². The molecule has 1 aliphatic carbocycles. The molecule has 5 rings (SSSR count). The molecular weight excluding hydrogens is 645 g/mol. The molecule has 3 aromatic rings. The van der Waals surface area contributed by atoms with Crippen molar-refractivity contribution in [2.45, 2.75) is 83.7 Å². The van der Waals surface area contributed by atoms with Gasteiger partial charge < -0.3 is 20.4 Å². The minimum atomic E-state index is -0.0653. The van der Waals surface area contributed by atoms with E-state index in [-0.39, 0.29) is 49.0 Å². The summed E-state index contributed by atoms with van der Waals surface area (Å²) in [7, 11) is 0. The highest BCUT2D eigenvalue weighted by Crippen LogP contribution is 2.28. The number of nitrogen functional groups attached to an aromatic ring is 1. The number of piperazine rings is 1. The number of aryl methyl sites for hydroxylation is 3. The van der Waals surface area contributed by atoms with Gasteiger partial charge in [-0.15, -0.1) is 37.2 Å². The second kappa shape index (κ2) is 20.1. The molecule has 0 bridgehead atoms. The molecule has 5 N–H and O–H groups in total. The number of amidine groups is 1. The number of hydrazine groups is 1. The number of carbonyl (C=O) groups is 1. The van der Waals surface area contributed by atoms with Crippen molar-refractivity contribution in [2.24, 2.45) is 11.7 Å². The topological polar surface area (TPSA) is 121 Å². The Morgan fingerprint density at radius 2 is 1.78 bits per heavy atom. The van der Waals surface area contributed by atoms with Crippen LogP contribution < -0.4 is 16.5 Å². The molecule has 2 aromatic carbocycles. The SMILES string of the molecule is CCOCCCn1c(CCc2ccc(C(=N)N)cc2)nc2cc(C(=O)NN3CCNCC3CCC3CCCCC3)ccc21.Cl.Cl.Cl. The molecule has 1 atom stereocenters. The Hall–Kier alpha value is -2.40. The molecule has 1 saturated heterocycles. The number of fused-ring (bicyclic) bond motifs is 1. The van der Waals surface area contributed by atoms with E-state index in [1.54, 1.807) is 0 Å². The maximum atomic E-state index is 13.5. The Kier molecular flexibility index (Phi) is 17.4. The molecule has 256 valence electrons. The summed E-state index contributed by atoms with van der Waals surface area (Å²) in [5, 5.41) is 13.3. The minimum Gasteiger partial charge on any atom is -0.384 e. The number of carbonyl (C=O) groups excluding carboxylic acids is 1. The van der Waals surface area contributed by atoms with E-state index < -0.39 is 0 Å². The van der Waals surface area contributed by atoms with Gasteiger partial charge in [-0.2, -0.15) is 0 Å². The van der Waals surface area contributed by atoms with Gasteiger partial charge in [0.15, 0.2) is 0 Å². The maximum absolute atomic E-state index is 13.5. The predicted octanol–water partition coefficient (Wildman–Crippen LogP) is 6.08. The standard InChI is InChI=1S/C34H49N7O2.3ClH/c1-2-43-22-6-20-40-31-17-15-28(23-30(31)38-32(40)18-12-26-9-13-27(14-10-26)33(35)36)34(42)39-41-21-19-37-24-29(41)16-11-25-7-4-3-5-8-25;;;/h9-10,13-15,17,23,25,29,37H,2-8,11-12,16,18-22,24H2,1H3,(H3,35,36)(H,39,42);3*1H. The fraction of sp³-hybridized carbons (Fsp3) is 0.559. The Bertz CT molecular complexity index is 1360. The first-order valence-corrected chi connectivity index (χ1v) is 16.3. The zero-order valence-corrected chi connectivity index (χ0v) is 29.4. The van der Waals surface area contributed by atoms with E-state index in [9.17, 15) is 4.79 Å². The summed E-state index contributed by atoms with van der Waals surface area (Å²) in [5.74, 6) is 1.86. The third-order valence-corrected chi connectivity index (χ3v) is 9.09. The van der Waals surface area contributed by atoms with Crippen LogP contribution in [0, 0.1) is 11.3 Å². The highest BCUT2D eigenvalue weighted by molar-refractivity contribution is 5.97. The van der Waals surface area contributed by atoms with Crippen LogP contribution >= 0.6 is 37.2 Å². The van der Waals surface area contributed by atoms with Gasteiger partial charge in [-0.1, -0.05) is 56.4 Å². The van der Waals surface area contributed by atoms with Gasteiger partial charge in [0, 0.05) is 63.0 Å². The third kappa shape index (κ3) is 10.8. The van der Waals surface area contributed by atoms with E-state index in [1.165, 1.54) is 44.1 Å². The molecule has 46 heavy (non-hydrogen) atoms. The fourth-order valence-electron chi connectivity index (χ4n) is 6.60. The Balaban J connectivity index is 0.00000245. The van der Waals surface area contributed by atoms with Crippen LogP contribution in [-0.4, -0.2) is 65.2 Å². The van der Waals surface area contributed by atoms with Crippen LogP contribution in [0.4, 0.5) is 0 Å². The quantitative estimate of drug-likeness (QED) is 0.0922. The number of halogens is 3. The number of aromatic nitrogens is 2. The molecule has 2 aliphatic rings. The van der Waals surface area contributed by atoms with Gasteiger partial charge in [-0.25, -0.2) is 9.99 Å². The first-order chi connectivity index (χ1) is 21.0. The first-order valence-electron chi connectivity index (χ1n) is 16.3. The summed E-state index contributed by atoms with van der Waals surface area (Å²) in [6, 6.07) is 14.1. The lowest BCUT2D eigenvalue weighted by Crippen LogP contribution is -2.58. The average molecular weight is 697 g/mol. The molecule has 1 amide bonds. The van der Waals surface area contributed by atoms with Crippen molar-refractivity contribution in [1.29, 1.82) is 5.41 Å². The molecule has 1 saturated carbocycles. The van der Waals surface area contributed by atoms with Crippen molar-refractivity contribution < 1.29 is 9.53 Å². The van der Waals surface area contributed by atoms with Gasteiger partial charge in [0.1, 0.15) is 11.7 Å². The summed E-state index contributed by atoms with van der Waals surface area (Å²) in [6.45, 7) is 6.85. The number of amides is 1. The van der Waals surface area contributed by atoms with Crippen LogP contribution in [-0.2, 0) is 24.1 Å². The number of hydrogen-bond donors (Lipinski definition) is 4. The van der Waals surface area contributed by atoms with E-state index in [2.05, 4.69) is 20.3 Å². The Labute approximate surface area is 292 Å².